The molecule has 4 N–H and O–H groups in total. The van der Waals surface area contributed by atoms with Crippen molar-refractivity contribution in [3.05, 3.63) is 0 Å². The Morgan fingerprint density at radius 2 is 0.940 bits per heavy atom. The molecule has 0 aliphatic carbocycles. The zero-order chi connectivity index (χ0) is 62.3. The molecule has 2 saturated heterocycles. The molecule has 0 aromatic heterocycles. The van der Waals surface area contributed by atoms with Gasteiger partial charge in [-0.1, -0.05) is 57.8 Å². The van der Waals surface area contributed by atoms with Gasteiger partial charge in [0.05, 0.1) is 67.1 Å². The van der Waals surface area contributed by atoms with Crippen LogP contribution in [0.3, 0.4) is 0 Å². The van der Waals surface area contributed by atoms with Gasteiger partial charge in [-0.3, -0.25) is 28.8 Å². The van der Waals surface area contributed by atoms with E-state index in [1.54, 1.807) is 41.9 Å². The van der Waals surface area contributed by atoms with Gasteiger partial charge in [-0.2, -0.15) is 0 Å². The molecule has 0 bridgehead atoms. The van der Waals surface area contributed by atoms with Crippen LogP contribution in [0.15, 0.2) is 0 Å². The summed E-state index contributed by atoms with van der Waals surface area (Å²) in [6, 6.07) is 0. The van der Waals surface area contributed by atoms with E-state index in [9.17, 15) is 28.8 Å². The number of unbranched alkanes of at least 4 members (excludes halogenated alkanes) is 3. The molecule has 83 heavy (non-hydrogen) atoms. The number of aliphatic hydroxyl groups excluding tert-OH is 4. The molecule has 22 nitrogen and oxygen atoms in total. The Balaban J connectivity index is -0.0000000973. The molecule has 0 amide bonds. The minimum atomic E-state index is -0.963. The third kappa shape index (κ3) is 69.1. The van der Waals surface area contributed by atoms with Crippen LogP contribution in [0.25, 0.3) is 0 Å². The van der Waals surface area contributed by atoms with Gasteiger partial charge in [-0.25, -0.2) is 0 Å². The van der Waals surface area contributed by atoms with E-state index in [4.69, 9.17) is 58.3 Å². The number of ether oxygens (including phenoxy) is 12. The Kier molecular flexibility index (Phi) is 80.7. The van der Waals surface area contributed by atoms with Crippen LogP contribution in [0.2, 0.25) is 0 Å². The van der Waals surface area contributed by atoms with Crippen molar-refractivity contribution in [2.45, 2.75) is 183 Å². The van der Waals surface area contributed by atoms with Gasteiger partial charge in [0.1, 0.15) is 6.42 Å². The topological polar surface area (TPSA) is 294 Å². The number of hydrogen-bond acceptors (Lipinski definition) is 22. The maximum Gasteiger partial charge on any atom is 1.00 e. The van der Waals surface area contributed by atoms with E-state index in [1.807, 2.05) is 41.5 Å². The summed E-state index contributed by atoms with van der Waals surface area (Å²) in [5.74, 6) is -3.78. The van der Waals surface area contributed by atoms with Crippen LogP contribution in [0.1, 0.15) is 168 Å². The molecular formula is C56H113AlBrILiNaO22. The summed E-state index contributed by atoms with van der Waals surface area (Å²) in [6.07, 6.45) is 11.2. The van der Waals surface area contributed by atoms with Gasteiger partial charge in [0, 0.05) is 76.6 Å². The number of alkyl halides is 2. The summed E-state index contributed by atoms with van der Waals surface area (Å²) in [4.78, 5) is 65.6. The second kappa shape index (κ2) is 67.7. The number of esters is 6. The number of carbonyl (C=O) groups excluding carboxylic acids is 6. The first-order valence-electron chi connectivity index (χ1n) is 27.8. The Bertz CT molecular complexity index is 1430. The standard InChI is InChI=1S/C12H20O6.C10H19IO2.C10H20O3.C7H12O4.C7H16O3.C5H9BrO2.C5H12O2.Al.Li.Na.5H/c1-4-17-11(14)9(12(15)18-5-2)7-6-8-10(13)16-3;2*1-10(2)12-7-9(8-13-10)5-3-4-6-11;1-3-10-6(8)5-7(9)11-4-2;8-4-2-1-3-7(5-9)6-10;1-8-5(7)3-2-4-6;1-5(2,6-3)7-4;;;;;;;;/h9H,4-8H2,1-3H3;9H,3-8H2,1-2H3;9,11H,3-8H2,1-2H3;3-5H2,1-2H3;7-10H,1-6H2;2-4H2,1H3;1-4H3;;;;;;;;/q;;;;;;;;2*+1;;;;2*-1. The van der Waals surface area contributed by atoms with Crippen LogP contribution in [0.4, 0.5) is 0 Å². The van der Waals surface area contributed by atoms with Gasteiger partial charge in [0.25, 0.3) is 0 Å². The summed E-state index contributed by atoms with van der Waals surface area (Å²) in [6.45, 7) is 23.1. The first-order valence-corrected chi connectivity index (χ1v) is 30.5. The average Bonchev–Trinajstić information content (AvgIpc) is 3.42. The number of rotatable bonds is 31. The van der Waals surface area contributed by atoms with Crippen molar-refractivity contribution in [2.24, 2.45) is 23.7 Å². The zero-order valence-corrected chi connectivity index (χ0v) is 59.0. The van der Waals surface area contributed by atoms with Gasteiger partial charge in [-0.15, -0.1) is 0 Å². The van der Waals surface area contributed by atoms with Gasteiger partial charge in [-0.05, 0) is 131 Å². The summed E-state index contributed by atoms with van der Waals surface area (Å²) >= 11 is 5.62. The average molecular weight is 1400 g/mol. The van der Waals surface area contributed by atoms with Crippen molar-refractivity contribution < 1.29 is 157 Å². The Hall–Kier alpha value is -0.240. The molecule has 0 atom stereocenters. The monoisotopic (exact) mass is 1400 g/mol. The van der Waals surface area contributed by atoms with E-state index in [0.717, 1.165) is 76.7 Å². The van der Waals surface area contributed by atoms with Crippen molar-refractivity contribution in [1.29, 1.82) is 0 Å². The molecule has 0 spiro atoms. The maximum atomic E-state index is 11.6. The Morgan fingerprint density at radius 3 is 1.24 bits per heavy atom. The summed E-state index contributed by atoms with van der Waals surface area (Å²) in [5, 5.41) is 35.1. The first kappa shape index (κ1) is 99.0. The molecule has 0 aromatic carbocycles. The van der Waals surface area contributed by atoms with Crippen LogP contribution >= 0.6 is 38.5 Å². The molecule has 0 saturated carbocycles. The number of carbonyl (C=O) groups is 6. The van der Waals surface area contributed by atoms with Crippen molar-refractivity contribution in [1.82, 2.24) is 0 Å². The van der Waals surface area contributed by atoms with Crippen LogP contribution in [0, 0.1) is 23.7 Å². The summed E-state index contributed by atoms with van der Waals surface area (Å²) in [5.41, 5.74) is 0. The number of aliphatic hydroxyl groups is 4. The van der Waals surface area contributed by atoms with Crippen LogP contribution in [-0.4, -0.2) is 208 Å². The third-order valence-electron chi connectivity index (χ3n) is 11.1. The summed E-state index contributed by atoms with van der Waals surface area (Å²) in [7, 11) is 5.92. The van der Waals surface area contributed by atoms with Crippen molar-refractivity contribution in [3.63, 3.8) is 0 Å². The number of methoxy groups -OCH3 is 4. The summed E-state index contributed by atoms with van der Waals surface area (Å²) < 4.78 is 60.7. The molecule has 0 aromatic rings. The van der Waals surface area contributed by atoms with Crippen molar-refractivity contribution >= 4 is 91.7 Å². The molecule has 2 aliphatic heterocycles. The minimum Gasteiger partial charge on any atom is -1.00 e. The predicted octanol–water partition coefficient (Wildman–Crippen LogP) is 1.26. The zero-order valence-electron chi connectivity index (χ0n) is 55.2. The molecular weight excluding hydrogens is 1290 g/mol. The number of hydrogen-bond donors (Lipinski definition) is 4. The van der Waals surface area contributed by atoms with E-state index in [1.165, 1.54) is 37.9 Å². The van der Waals surface area contributed by atoms with Gasteiger partial charge >= 0.3 is 84.2 Å². The number of halogens is 2. The molecule has 27 heteroatoms. The third-order valence-corrected chi connectivity index (χ3v) is 12.4. The molecule has 2 rings (SSSR count). The Labute approximate surface area is 568 Å². The molecule has 2 aliphatic rings. The van der Waals surface area contributed by atoms with Crippen LogP contribution < -0.4 is 48.4 Å². The van der Waals surface area contributed by atoms with E-state index < -0.39 is 41.4 Å². The van der Waals surface area contributed by atoms with Gasteiger partial charge < -0.3 is 80.1 Å². The molecule has 2 fully saturated rings. The molecule has 2 heterocycles. The van der Waals surface area contributed by atoms with E-state index in [-0.39, 0.29) is 158 Å². The largest absolute Gasteiger partial charge is 1.00 e. The van der Waals surface area contributed by atoms with Crippen molar-refractivity contribution in [2.75, 3.05) is 117 Å². The fourth-order valence-corrected chi connectivity index (χ4v) is 6.77. The second-order valence-corrected chi connectivity index (χ2v) is 21.0. The predicted molar refractivity (Wildman–Crippen MR) is 327 cm³/mol. The van der Waals surface area contributed by atoms with Crippen LogP contribution in [0.5, 0.6) is 0 Å². The smallest absolute Gasteiger partial charge is 1.00 e. The van der Waals surface area contributed by atoms with E-state index >= 15 is 0 Å². The Morgan fingerprint density at radius 1 is 0.578 bits per heavy atom. The van der Waals surface area contributed by atoms with Gasteiger partial charge in [0.2, 0.25) is 0 Å². The van der Waals surface area contributed by atoms with Crippen molar-refractivity contribution in [3.8, 4) is 0 Å². The van der Waals surface area contributed by atoms with E-state index in [0.29, 0.717) is 31.3 Å². The van der Waals surface area contributed by atoms with Crippen LogP contribution in [-0.2, 0) is 85.6 Å². The normalized spacial score (nSPS) is 13.8. The molecule has 0 unspecified atom stereocenters. The quantitative estimate of drug-likeness (QED) is 0.0111. The molecule has 488 valence electrons. The first-order chi connectivity index (χ1) is 37.8. The van der Waals surface area contributed by atoms with Gasteiger partial charge in [0.15, 0.2) is 40.6 Å². The SMILES string of the molecule is CC1(C)OCC(CCCCI)CO1.CC1(C)OCC(CCCCO)CO1.CCOC(=O)C(CCCC(=O)OC)C(=O)OCC.CCOC(=O)CC(=O)OCC.COC(=O)CCCBr.COC(C)(C)OC.OCCCCC(CO)CO.[AlH3].[H-].[H-].[Li+].[Na+]. The fourth-order valence-electron chi connectivity index (χ4n) is 5.95. The molecule has 0 radical (unpaired) electrons. The fraction of sp³-hybridized carbons (Fsp3) is 0.893. The second-order valence-electron chi connectivity index (χ2n) is 19.1. The van der Waals surface area contributed by atoms with E-state index in [2.05, 4.69) is 57.5 Å². The maximum absolute atomic E-state index is 11.6. The minimum absolute atomic E-state index is 0.